The molecular weight excluding hydrogens is 532 g/mol. The molecule has 2 amide bonds. The number of carbonyl (C=O) groups is 2. The summed E-state index contributed by atoms with van der Waals surface area (Å²) < 4.78 is 46.3. The summed E-state index contributed by atoms with van der Waals surface area (Å²) in [5.74, 6) is -0.00985. The van der Waals surface area contributed by atoms with Crippen LogP contribution in [0.25, 0.3) is 16.9 Å². The second-order valence-electron chi connectivity index (χ2n) is 9.84. The molecule has 1 aromatic heterocycles. The van der Waals surface area contributed by atoms with Crippen molar-refractivity contribution in [2.75, 3.05) is 40.1 Å². The van der Waals surface area contributed by atoms with Crippen molar-refractivity contribution < 1.29 is 32.6 Å². The zero-order valence-electron chi connectivity index (χ0n) is 22.5. The molecular formula is C31H27F2N3O5. The highest BCUT2D eigenvalue weighted by atomic mass is 19.1. The predicted octanol–water partition coefficient (Wildman–Crippen LogP) is 5.07. The van der Waals surface area contributed by atoms with Crippen LogP contribution in [-0.4, -0.2) is 66.3 Å². The smallest absolute Gasteiger partial charge is 0.255 e. The van der Waals surface area contributed by atoms with Crippen LogP contribution in [0.3, 0.4) is 0 Å². The molecule has 1 fully saturated rings. The predicted molar refractivity (Wildman–Crippen MR) is 147 cm³/mol. The van der Waals surface area contributed by atoms with Gasteiger partial charge in [-0.2, -0.15) is 0 Å². The minimum Gasteiger partial charge on any atom is -0.497 e. The van der Waals surface area contributed by atoms with Crippen molar-refractivity contribution in [3.63, 3.8) is 0 Å². The van der Waals surface area contributed by atoms with Gasteiger partial charge in [0.05, 0.1) is 24.1 Å². The zero-order chi connectivity index (χ0) is 28.7. The van der Waals surface area contributed by atoms with Gasteiger partial charge in [0.25, 0.3) is 11.8 Å². The lowest BCUT2D eigenvalue weighted by molar-refractivity contribution is 0.0535. The van der Waals surface area contributed by atoms with Gasteiger partial charge in [0.2, 0.25) is 6.79 Å². The molecule has 10 heteroatoms. The first kappa shape index (κ1) is 26.4. The number of nitrogens with zero attached hydrogens (tertiary/aromatic N) is 3. The van der Waals surface area contributed by atoms with Crippen molar-refractivity contribution in [1.29, 1.82) is 0 Å². The van der Waals surface area contributed by atoms with Crippen LogP contribution in [0.15, 0.2) is 66.7 Å². The second-order valence-corrected chi connectivity index (χ2v) is 9.84. The van der Waals surface area contributed by atoms with Crippen molar-refractivity contribution in [3.05, 3.63) is 95.2 Å². The first-order valence-corrected chi connectivity index (χ1v) is 13.1. The molecule has 2 aliphatic heterocycles. The van der Waals surface area contributed by atoms with Crippen LogP contribution in [0, 0.1) is 18.6 Å². The summed E-state index contributed by atoms with van der Waals surface area (Å²) in [7, 11) is 1.56. The van der Waals surface area contributed by atoms with E-state index in [1.165, 1.54) is 12.1 Å². The van der Waals surface area contributed by atoms with Gasteiger partial charge in [-0.3, -0.25) is 9.59 Å². The summed E-state index contributed by atoms with van der Waals surface area (Å²) in [6, 6.07) is 17.4. The van der Waals surface area contributed by atoms with E-state index in [1.54, 1.807) is 64.8 Å². The highest BCUT2D eigenvalue weighted by Crippen LogP contribution is 2.34. The number of carbonyl (C=O) groups excluding carboxylic acids is 2. The molecule has 8 nitrogen and oxygen atoms in total. The first-order chi connectivity index (χ1) is 19.8. The number of ether oxygens (including phenoxy) is 3. The molecule has 6 rings (SSSR count). The van der Waals surface area contributed by atoms with E-state index in [-0.39, 0.29) is 24.3 Å². The van der Waals surface area contributed by atoms with Crippen LogP contribution in [0.4, 0.5) is 8.78 Å². The Kier molecular flexibility index (Phi) is 6.82. The maximum Gasteiger partial charge on any atom is 0.255 e. The number of aromatic nitrogens is 1. The monoisotopic (exact) mass is 559 g/mol. The lowest BCUT2D eigenvalue weighted by Gasteiger charge is -2.35. The van der Waals surface area contributed by atoms with E-state index in [1.807, 2.05) is 12.1 Å². The average Bonchev–Trinajstić information content (AvgIpc) is 3.60. The van der Waals surface area contributed by atoms with Crippen LogP contribution in [-0.2, 0) is 0 Å². The van der Waals surface area contributed by atoms with Crippen LogP contribution < -0.4 is 14.2 Å². The fraction of sp³-hybridized carbons (Fsp3) is 0.226. The van der Waals surface area contributed by atoms with E-state index in [9.17, 15) is 18.4 Å². The number of benzene rings is 3. The van der Waals surface area contributed by atoms with Gasteiger partial charge in [0, 0.05) is 43.5 Å². The molecule has 0 unspecified atom stereocenters. The van der Waals surface area contributed by atoms with Gasteiger partial charge in [-0.25, -0.2) is 8.78 Å². The van der Waals surface area contributed by atoms with E-state index in [4.69, 9.17) is 14.2 Å². The van der Waals surface area contributed by atoms with E-state index in [2.05, 4.69) is 0 Å². The highest BCUT2D eigenvalue weighted by molar-refractivity contribution is 5.98. The maximum atomic E-state index is 15.0. The van der Waals surface area contributed by atoms with E-state index in [0.717, 1.165) is 11.6 Å². The minimum absolute atomic E-state index is 0.128. The Balaban J connectivity index is 1.26. The van der Waals surface area contributed by atoms with Crippen LogP contribution >= 0.6 is 0 Å². The first-order valence-electron chi connectivity index (χ1n) is 13.1. The molecule has 3 heterocycles. The summed E-state index contributed by atoms with van der Waals surface area (Å²) in [5, 5.41) is 0. The lowest BCUT2D eigenvalue weighted by atomic mass is 10.1. The van der Waals surface area contributed by atoms with E-state index >= 15 is 0 Å². The summed E-state index contributed by atoms with van der Waals surface area (Å²) in [6.07, 6.45) is 0. The Morgan fingerprint density at radius 2 is 1.49 bits per heavy atom. The number of rotatable bonds is 5. The molecule has 1 saturated heterocycles. The Morgan fingerprint density at radius 3 is 2.17 bits per heavy atom. The number of halogens is 2. The highest BCUT2D eigenvalue weighted by Gasteiger charge is 2.29. The molecule has 0 atom stereocenters. The van der Waals surface area contributed by atoms with E-state index < -0.39 is 11.6 Å². The number of amides is 2. The molecule has 0 radical (unpaired) electrons. The van der Waals surface area contributed by atoms with Gasteiger partial charge >= 0.3 is 0 Å². The molecule has 0 bridgehead atoms. The largest absolute Gasteiger partial charge is 0.497 e. The number of fused-ring (bicyclic) bond motifs is 1. The Bertz CT molecular complexity index is 1640. The number of piperazine rings is 1. The maximum absolute atomic E-state index is 15.0. The fourth-order valence-electron chi connectivity index (χ4n) is 5.27. The van der Waals surface area contributed by atoms with Crippen LogP contribution in [0.1, 0.15) is 26.4 Å². The Morgan fingerprint density at radius 1 is 0.805 bits per heavy atom. The molecule has 4 aromatic rings. The van der Waals surface area contributed by atoms with Gasteiger partial charge in [-0.1, -0.05) is 0 Å². The average molecular weight is 560 g/mol. The second kappa shape index (κ2) is 10.6. The molecule has 2 aliphatic rings. The van der Waals surface area contributed by atoms with Crippen LogP contribution in [0.2, 0.25) is 0 Å². The summed E-state index contributed by atoms with van der Waals surface area (Å²) in [6.45, 7) is 3.25. The van der Waals surface area contributed by atoms with Crippen molar-refractivity contribution in [3.8, 4) is 34.2 Å². The van der Waals surface area contributed by atoms with Crippen molar-refractivity contribution in [2.45, 2.75) is 6.92 Å². The summed E-state index contributed by atoms with van der Waals surface area (Å²) >= 11 is 0. The van der Waals surface area contributed by atoms with E-state index in [0.29, 0.717) is 65.9 Å². The third kappa shape index (κ3) is 4.86. The summed E-state index contributed by atoms with van der Waals surface area (Å²) in [5.41, 5.74) is 2.85. The SMILES string of the molecule is COc1ccc(-c2cc(C(=O)N3CCN(C(=O)c4ccc5c(c4)OCO5)CC3)c(C)n2-c2ccc(F)cc2F)cc1. The third-order valence-electron chi connectivity index (χ3n) is 7.49. The topological polar surface area (TPSA) is 73.2 Å². The van der Waals surface area contributed by atoms with Gasteiger partial charge in [-0.15, -0.1) is 0 Å². The quantitative estimate of drug-likeness (QED) is 0.342. The molecule has 0 spiro atoms. The molecule has 0 N–H and O–H groups in total. The van der Waals surface area contributed by atoms with Gasteiger partial charge < -0.3 is 28.6 Å². The molecule has 210 valence electrons. The standard InChI is InChI=1S/C31H27F2N3O5/c1-19-24(17-27(20-3-7-23(39-2)8-4-20)36(19)26-9-6-22(32)16-25(26)33)31(38)35-13-11-34(12-14-35)30(37)21-5-10-28-29(15-21)41-18-40-28/h3-10,15-17H,11-14,18H2,1-2H3. The van der Waals surface area contributed by atoms with Gasteiger partial charge in [0.15, 0.2) is 11.5 Å². The van der Waals surface area contributed by atoms with Crippen molar-refractivity contribution >= 4 is 11.8 Å². The van der Waals surface area contributed by atoms with Crippen molar-refractivity contribution in [2.24, 2.45) is 0 Å². The zero-order valence-corrected chi connectivity index (χ0v) is 22.5. The number of hydrogen-bond acceptors (Lipinski definition) is 5. The Labute approximate surface area is 235 Å². The molecule has 3 aromatic carbocycles. The third-order valence-corrected chi connectivity index (χ3v) is 7.49. The minimum atomic E-state index is -0.742. The molecule has 0 saturated carbocycles. The van der Waals surface area contributed by atoms with Gasteiger partial charge in [-0.05, 0) is 73.2 Å². The lowest BCUT2D eigenvalue weighted by Crippen LogP contribution is -2.50. The number of hydrogen-bond donors (Lipinski definition) is 0. The Hall–Kier alpha value is -4.86. The molecule has 0 aliphatic carbocycles. The normalized spacial score (nSPS) is 14.3. The number of methoxy groups -OCH3 is 1. The van der Waals surface area contributed by atoms with Gasteiger partial charge in [0.1, 0.15) is 17.4 Å². The fourth-order valence-corrected chi connectivity index (χ4v) is 5.27. The summed E-state index contributed by atoms with van der Waals surface area (Å²) in [4.78, 5) is 30.3. The molecule has 41 heavy (non-hydrogen) atoms. The van der Waals surface area contributed by atoms with Crippen LogP contribution in [0.5, 0.6) is 17.2 Å². The van der Waals surface area contributed by atoms with Crippen molar-refractivity contribution in [1.82, 2.24) is 14.4 Å².